The molecule has 4 nitrogen and oxygen atoms in total. The van der Waals surface area contributed by atoms with E-state index in [0.29, 0.717) is 6.54 Å². The first-order chi connectivity index (χ1) is 8.47. The Labute approximate surface area is 105 Å². The highest BCUT2D eigenvalue weighted by atomic mass is 19.1. The van der Waals surface area contributed by atoms with Gasteiger partial charge >= 0.3 is 5.97 Å². The van der Waals surface area contributed by atoms with Crippen molar-refractivity contribution in [3.8, 4) is 0 Å². The molecule has 0 fully saturated rings. The molecule has 98 valence electrons. The predicted molar refractivity (Wildman–Crippen MR) is 65.0 cm³/mol. The zero-order chi connectivity index (χ0) is 13.7. The minimum atomic E-state index is -0.961. The van der Waals surface area contributed by atoms with E-state index in [9.17, 15) is 14.0 Å². The first kappa shape index (κ1) is 14.2. The monoisotopic (exact) mass is 253 g/mol. The lowest BCUT2D eigenvalue weighted by molar-refractivity contribution is -0.137. The van der Waals surface area contributed by atoms with E-state index in [2.05, 4.69) is 0 Å². The zero-order valence-corrected chi connectivity index (χ0v) is 10.4. The van der Waals surface area contributed by atoms with E-state index in [1.54, 1.807) is 13.0 Å². The molecule has 0 saturated carbocycles. The molecule has 1 amide bonds. The van der Waals surface area contributed by atoms with E-state index in [4.69, 9.17) is 5.11 Å². The van der Waals surface area contributed by atoms with Gasteiger partial charge < -0.3 is 10.0 Å². The second kappa shape index (κ2) is 6.14. The van der Waals surface area contributed by atoms with Crippen LogP contribution in [0.15, 0.2) is 18.2 Å². The summed E-state index contributed by atoms with van der Waals surface area (Å²) in [4.78, 5) is 24.0. The Hall–Kier alpha value is -1.91. The fourth-order valence-corrected chi connectivity index (χ4v) is 1.64. The van der Waals surface area contributed by atoms with Crippen LogP contribution in [0.25, 0.3) is 0 Å². The molecule has 0 aliphatic rings. The van der Waals surface area contributed by atoms with Gasteiger partial charge in [-0.25, -0.2) is 4.39 Å². The molecular formula is C13H16FNO3. The summed E-state index contributed by atoms with van der Waals surface area (Å²) in [6.07, 6.45) is -0.117. The van der Waals surface area contributed by atoms with Crippen LogP contribution in [0.2, 0.25) is 0 Å². The number of carboxylic acids is 1. The minimum Gasteiger partial charge on any atom is -0.481 e. The molecule has 1 aromatic rings. The normalized spacial score (nSPS) is 10.2. The number of aliphatic carboxylic acids is 1. The summed E-state index contributed by atoms with van der Waals surface area (Å²) in [5.41, 5.74) is 0.568. The second-order valence-electron chi connectivity index (χ2n) is 3.94. The topological polar surface area (TPSA) is 57.6 Å². The molecule has 0 aromatic heterocycles. The average molecular weight is 253 g/mol. The summed E-state index contributed by atoms with van der Waals surface area (Å²) >= 11 is 0. The maximum Gasteiger partial charge on any atom is 0.305 e. The van der Waals surface area contributed by atoms with Gasteiger partial charge in [0.15, 0.2) is 0 Å². The number of benzene rings is 1. The van der Waals surface area contributed by atoms with Crippen LogP contribution in [-0.2, 0) is 4.79 Å². The first-order valence-corrected chi connectivity index (χ1v) is 5.73. The highest BCUT2D eigenvalue weighted by Crippen LogP contribution is 2.14. The molecular weight excluding hydrogens is 237 g/mol. The SMILES string of the molecule is CCN(CCC(=O)O)C(=O)c1cccc(F)c1C. The van der Waals surface area contributed by atoms with Crippen LogP contribution in [0.1, 0.15) is 29.3 Å². The number of carbonyl (C=O) groups excluding carboxylic acids is 1. The van der Waals surface area contributed by atoms with Crippen molar-refractivity contribution >= 4 is 11.9 Å². The van der Waals surface area contributed by atoms with Crippen molar-refractivity contribution in [3.05, 3.63) is 35.1 Å². The molecule has 18 heavy (non-hydrogen) atoms. The van der Waals surface area contributed by atoms with E-state index in [0.717, 1.165) is 0 Å². The smallest absolute Gasteiger partial charge is 0.305 e. The Balaban J connectivity index is 2.89. The lowest BCUT2D eigenvalue weighted by Crippen LogP contribution is -2.33. The minimum absolute atomic E-state index is 0.117. The Kier molecular flexibility index (Phi) is 4.83. The van der Waals surface area contributed by atoms with Crippen molar-refractivity contribution in [3.63, 3.8) is 0 Å². The molecule has 0 radical (unpaired) electrons. The summed E-state index contributed by atoms with van der Waals surface area (Å²) < 4.78 is 13.4. The van der Waals surface area contributed by atoms with Gasteiger partial charge in [-0.2, -0.15) is 0 Å². The van der Waals surface area contributed by atoms with Gasteiger partial charge in [0.25, 0.3) is 5.91 Å². The van der Waals surface area contributed by atoms with E-state index >= 15 is 0 Å². The first-order valence-electron chi connectivity index (χ1n) is 5.73. The number of hydrogen-bond donors (Lipinski definition) is 1. The van der Waals surface area contributed by atoms with Crippen LogP contribution in [0.5, 0.6) is 0 Å². The predicted octanol–water partition coefficient (Wildman–Crippen LogP) is 2.07. The van der Waals surface area contributed by atoms with Crippen molar-refractivity contribution in [2.45, 2.75) is 20.3 Å². The lowest BCUT2D eigenvalue weighted by atomic mass is 10.1. The molecule has 1 rings (SSSR count). The molecule has 0 unspecified atom stereocenters. The molecule has 1 N–H and O–H groups in total. The standard InChI is InChI=1S/C13H16FNO3/c1-3-15(8-7-12(16)17)13(18)10-5-4-6-11(14)9(10)2/h4-6H,3,7-8H2,1-2H3,(H,16,17). The summed E-state index contributed by atoms with van der Waals surface area (Å²) in [6.45, 7) is 3.81. The maximum absolute atomic E-state index is 13.4. The third-order valence-corrected chi connectivity index (χ3v) is 2.76. The lowest BCUT2D eigenvalue weighted by Gasteiger charge is -2.21. The largest absolute Gasteiger partial charge is 0.481 e. The Bertz CT molecular complexity index is 460. The zero-order valence-electron chi connectivity index (χ0n) is 10.4. The van der Waals surface area contributed by atoms with Crippen molar-refractivity contribution in [1.82, 2.24) is 4.90 Å². The van der Waals surface area contributed by atoms with Crippen molar-refractivity contribution in [2.24, 2.45) is 0 Å². The molecule has 1 aromatic carbocycles. The number of carboxylic acid groups (broad SMARTS) is 1. The Morgan fingerprint density at radius 1 is 1.39 bits per heavy atom. The Morgan fingerprint density at radius 3 is 2.61 bits per heavy atom. The maximum atomic E-state index is 13.4. The van der Waals surface area contributed by atoms with Crippen LogP contribution >= 0.6 is 0 Å². The molecule has 0 atom stereocenters. The number of rotatable bonds is 5. The van der Waals surface area contributed by atoms with E-state index in [1.165, 1.54) is 24.0 Å². The Morgan fingerprint density at radius 2 is 2.06 bits per heavy atom. The second-order valence-corrected chi connectivity index (χ2v) is 3.94. The fraction of sp³-hybridized carbons (Fsp3) is 0.385. The number of halogens is 1. The van der Waals surface area contributed by atoms with Crippen LogP contribution in [0.4, 0.5) is 4.39 Å². The number of hydrogen-bond acceptors (Lipinski definition) is 2. The summed E-state index contributed by atoms with van der Waals surface area (Å²) in [7, 11) is 0. The van der Waals surface area contributed by atoms with Crippen molar-refractivity contribution in [2.75, 3.05) is 13.1 Å². The molecule has 0 heterocycles. The van der Waals surface area contributed by atoms with Crippen LogP contribution in [-0.4, -0.2) is 35.0 Å². The van der Waals surface area contributed by atoms with E-state index in [-0.39, 0.29) is 30.0 Å². The van der Waals surface area contributed by atoms with Crippen LogP contribution in [0, 0.1) is 12.7 Å². The number of carbonyl (C=O) groups is 2. The molecule has 0 aliphatic carbocycles. The van der Waals surface area contributed by atoms with Gasteiger partial charge in [0, 0.05) is 18.7 Å². The third-order valence-electron chi connectivity index (χ3n) is 2.76. The average Bonchev–Trinajstić information content (AvgIpc) is 2.32. The van der Waals surface area contributed by atoms with Gasteiger partial charge in [0.2, 0.25) is 0 Å². The quantitative estimate of drug-likeness (QED) is 0.874. The van der Waals surface area contributed by atoms with Crippen LogP contribution < -0.4 is 0 Å². The van der Waals surface area contributed by atoms with Gasteiger partial charge in [-0.15, -0.1) is 0 Å². The summed E-state index contributed by atoms with van der Waals surface area (Å²) in [5, 5.41) is 8.61. The van der Waals surface area contributed by atoms with Crippen LogP contribution in [0.3, 0.4) is 0 Å². The van der Waals surface area contributed by atoms with Gasteiger partial charge in [-0.3, -0.25) is 9.59 Å². The number of amides is 1. The third kappa shape index (κ3) is 3.29. The summed E-state index contributed by atoms with van der Waals surface area (Å²) in [6, 6.07) is 4.31. The van der Waals surface area contributed by atoms with E-state index < -0.39 is 11.8 Å². The molecule has 0 saturated heterocycles. The molecule has 5 heteroatoms. The fourth-order valence-electron chi connectivity index (χ4n) is 1.64. The number of nitrogens with zero attached hydrogens (tertiary/aromatic N) is 1. The summed E-state index contributed by atoms with van der Waals surface area (Å²) in [5.74, 6) is -1.73. The van der Waals surface area contributed by atoms with Gasteiger partial charge in [0.05, 0.1) is 6.42 Å². The van der Waals surface area contributed by atoms with Crippen molar-refractivity contribution in [1.29, 1.82) is 0 Å². The van der Waals surface area contributed by atoms with Gasteiger partial charge in [-0.05, 0) is 31.5 Å². The van der Waals surface area contributed by atoms with Gasteiger partial charge in [0.1, 0.15) is 5.82 Å². The molecule has 0 aliphatic heterocycles. The highest BCUT2D eigenvalue weighted by Gasteiger charge is 2.18. The van der Waals surface area contributed by atoms with Gasteiger partial charge in [-0.1, -0.05) is 6.07 Å². The van der Waals surface area contributed by atoms with E-state index in [1.807, 2.05) is 0 Å². The van der Waals surface area contributed by atoms with Crippen molar-refractivity contribution < 1.29 is 19.1 Å². The molecule has 0 spiro atoms. The molecule has 0 bridgehead atoms. The highest BCUT2D eigenvalue weighted by molar-refractivity contribution is 5.95.